The van der Waals surface area contributed by atoms with E-state index in [-0.39, 0.29) is 12.8 Å². The minimum absolute atomic E-state index is 0.0953. The highest BCUT2D eigenvalue weighted by molar-refractivity contribution is 7.88. The minimum Gasteiger partial charge on any atom is -0.226 e. The average Bonchev–Trinajstić information content (AvgIpc) is 2.79. The van der Waals surface area contributed by atoms with Crippen LogP contribution in [0.4, 0.5) is 26.3 Å². The number of alkyl halides is 6. The Bertz CT molecular complexity index is 657. The second kappa shape index (κ2) is 5.07. The standard InChI is InChI=1S/C9H8F6O6S2/c10-8(11,12)22(16,17)20-7(5-1-2-6(7)4-3-5)21-23(18,19)9(13,14)15/h1-2,5-6H,3-4H2. The monoisotopic (exact) mass is 390 g/mol. The zero-order chi connectivity index (χ0) is 17.9. The molecule has 0 radical (unpaired) electrons. The fourth-order valence-electron chi connectivity index (χ4n) is 2.46. The van der Waals surface area contributed by atoms with Gasteiger partial charge in [-0.15, -0.1) is 0 Å². The first-order valence-corrected chi connectivity index (χ1v) is 8.66. The first kappa shape index (κ1) is 18.5. The summed E-state index contributed by atoms with van der Waals surface area (Å²) in [6.07, 6.45) is 1.93. The Labute approximate surface area is 126 Å². The largest absolute Gasteiger partial charge is 0.523 e. The van der Waals surface area contributed by atoms with Crippen LogP contribution in [-0.2, 0) is 28.6 Å². The van der Waals surface area contributed by atoms with Crippen LogP contribution in [0.3, 0.4) is 0 Å². The van der Waals surface area contributed by atoms with E-state index < -0.39 is 48.9 Å². The summed E-state index contributed by atoms with van der Waals surface area (Å²) in [5.41, 5.74) is -11.9. The molecule has 2 unspecified atom stereocenters. The van der Waals surface area contributed by atoms with Gasteiger partial charge in [-0.25, -0.2) is 8.37 Å². The van der Waals surface area contributed by atoms with Crippen molar-refractivity contribution in [2.45, 2.75) is 29.6 Å². The normalized spacial score (nSPS) is 27.6. The van der Waals surface area contributed by atoms with Gasteiger partial charge in [-0.1, -0.05) is 12.2 Å². The van der Waals surface area contributed by atoms with E-state index in [9.17, 15) is 43.2 Å². The summed E-state index contributed by atoms with van der Waals surface area (Å²) in [4.78, 5) is 0. The van der Waals surface area contributed by atoms with E-state index in [1.165, 1.54) is 0 Å². The molecule has 0 aromatic rings. The molecule has 0 heterocycles. The summed E-state index contributed by atoms with van der Waals surface area (Å²) in [6, 6.07) is 0. The van der Waals surface area contributed by atoms with Crippen molar-refractivity contribution in [3.05, 3.63) is 12.2 Å². The second-order valence-electron chi connectivity index (χ2n) is 4.86. The lowest BCUT2D eigenvalue weighted by Gasteiger charge is -2.32. The number of fused-ring (bicyclic) bond motifs is 2. The predicted octanol–water partition coefficient (Wildman–Crippen LogP) is 2.01. The molecule has 0 amide bonds. The van der Waals surface area contributed by atoms with Gasteiger partial charge in [0.25, 0.3) is 0 Å². The second-order valence-corrected chi connectivity index (χ2v) is 7.94. The molecule has 0 aromatic heterocycles. The van der Waals surface area contributed by atoms with Crippen LogP contribution in [-0.4, -0.2) is 33.6 Å². The SMILES string of the molecule is O=S(=O)(OC1(OS(=O)(=O)C(F)(F)F)C2C=CC1CC2)C(F)(F)F. The number of hydrogen-bond acceptors (Lipinski definition) is 6. The lowest BCUT2D eigenvalue weighted by atomic mass is 10.1. The predicted molar refractivity (Wildman–Crippen MR) is 60.2 cm³/mol. The Morgan fingerprint density at radius 2 is 1.09 bits per heavy atom. The fourth-order valence-corrected chi connectivity index (χ4v) is 3.94. The molecule has 14 heteroatoms. The Hall–Kier alpha value is -0.860. The van der Waals surface area contributed by atoms with Gasteiger partial charge in [-0.05, 0) is 12.8 Å². The molecular weight excluding hydrogens is 382 g/mol. The Kier molecular flexibility index (Phi) is 4.07. The smallest absolute Gasteiger partial charge is 0.226 e. The number of rotatable bonds is 4. The van der Waals surface area contributed by atoms with E-state index in [0.717, 1.165) is 12.2 Å². The highest BCUT2D eigenvalue weighted by atomic mass is 32.2. The van der Waals surface area contributed by atoms with Crippen LogP contribution in [0.1, 0.15) is 12.8 Å². The van der Waals surface area contributed by atoms with Crippen LogP contribution in [0.2, 0.25) is 0 Å². The van der Waals surface area contributed by atoms with Crippen LogP contribution < -0.4 is 0 Å². The molecule has 6 nitrogen and oxygen atoms in total. The van der Waals surface area contributed by atoms with Gasteiger partial charge in [-0.2, -0.15) is 43.2 Å². The van der Waals surface area contributed by atoms with Crippen molar-refractivity contribution < 1.29 is 51.5 Å². The van der Waals surface area contributed by atoms with Gasteiger partial charge in [0.2, 0.25) is 5.79 Å². The minimum atomic E-state index is -6.38. The first-order chi connectivity index (χ1) is 10.1. The fraction of sp³-hybridized carbons (Fsp3) is 0.778. The van der Waals surface area contributed by atoms with Gasteiger partial charge in [0.15, 0.2) is 0 Å². The van der Waals surface area contributed by atoms with E-state index >= 15 is 0 Å². The molecule has 2 bridgehead atoms. The quantitative estimate of drug-likeness (QED) is 0.240. The molecule has 2 rings (SSSR count). The maximum Gasteiger partial charge on any atom is 0.523 e. The van der Waals surface area contributed by atoms with Crippen molar-refractivity contribution in [1.82, 2.24) is 0 Å². The molecule has 1 saturated carbocycles. The van der Waals surface area contributed by atoms with E-state index in [4.69, 9.17) is 0 Å². The molecule has 23 heavy (non-hydrogen) atoms. The Morgan fingerprint density at radius 3 is 1.30 bits per heavy atom. The van der Waals surface area contributed by atoms with Gasteiger partial charge in [0, 0.05) is 11.8 Å². The first-order valence-electron chi connectivity index (χ1n) is 5.84. The van der Waals surface area contributed by atoms with Gasteiger partial charge in [0.05, 0.1) is 0 Å². The lowest BCUT2D eigenvalue weighted by Crippen LogP contribution is -2.49. The maximum absolute atomic E-state index is 12.4. The van der Waals surface area contributed by atoms with E-state index in [2.05, 4.69) is 8.37 Å². The van der Waals surface area contributed by atoms with Crippen molar-refractivity contribution in [1.29, 1.82) is 0 Å². The summed E-state index contributed by atoms with van der Waals surface area (Å²) in [5.74, 6) is -5.90. The summed E-state index contributed by atoms with van der Waals surface area (Å²) < 4.78 is 127. The molecule has 2 aliphatic rings. The van der Waals surface area contributed by atoms with Crippen molar-refractivity contribution in [3.63, 3.8) is 0 Å². The average molecular weight is 390 g/mol. The van der Waals surface area contributed by atoms with Crippen molar-refractivity contribution >= 4 is 20.2 Å². The molecule has 1 fully saturated rings. The van der Waals surface area contributed by atoms with Crippen LogP contribution in [0.5, 0.6) is 0 Å². The number of halogens is 6. The molecule has 0 saturated heterocycles. The third kappa shape index (κ3) is 2.96. The zero-order valence-corrected chi connectivity index (χ0v) is 12.4. The highest BCUT2D eigenvalue weighted by Gasteiger charge is 2.65. The maximum atomic E-state index is 12.4. The van der Waals surface area contributed by atoms with Crippen molar-refractivity contribution in [2.75, 3.05) is 0 Å². The van der Waals surface area contributed by atoms with Gasteiger partial charge in [-0.3, -0.25) is 0 Å². The number of hydrogen-bond donors (Lipinski definition) is 0. The summed E-state index contributed by atoms with van der Waals surface area (Å²) in [5, 5.41) is 0. The van der Waals surface area contributed by atoms with Crippen LogP contribution in [0.25, 0.3) is 0 Å². The molecule has 134 valence electrons. The molecule has 2 atom stereocenters. The van der Waals surface area contributed by atoms with E-state index in [1.54, 1.807) is 0 Å². The molecule has 0 N–H and O–H groups in total. The summed E-state index contributed by atoms with van der Waals surface area (Å²) >= 11 is 0. The Morgan fingerprint density at radius 1 is 0.783 bits per heavy atom. The van der Waals surface area contributed by atoms with Crippen molar-refractivity contribution in [2.24, 2.45) is 11.8 Å². The van der Waals surface area contributed by atoms with Crippen LogP contribution >= 0.6 is 0 Å². The highest BCUT2D eigenvalue weighted by Crippen LogP contribution is 2.54. The molecule has 2 aliphatic carbocycles. The Balaban J connectivity index is 2.46. The van der Waals surface area contributed by atoms with Gasteiger partial charge >= 0.3 is 31.3 Å². The molecule has 0 spiro atoms. The summed E-state index contributed by atoms with van der Waals surface area (Å²) in [6.45, 7) is 0. The molecule has 0 aliphatic heterocycles. The van der Waals surface area contributed by atoms with Gasteiger partial charge < -0.3 is 0 Å². The topological polar surface area (TPSA) is 86.7 Å². The molecule has 0 aromatic carbocycles. The molecular formula is C9H8F6O6S2. The zero-order valence-electron chi connectivity index (χ0n) is 10.8. The van der Waals surface area contributed by atoms with Crippen molar-refractivity contribution in [3.8, 4) is 0 Å². The summed E-state index contributed by atoms with van der Waals surface area (Å²) in [7, 11) is -12.8. The van der Waals surface area contributed by atoms with Gasteiger partial charge in [0.1, 0.15) is 0 Å². The third-order valence-corrected chi connectivity index (χ3v) is 5.54. The van der Waals surface area contributed by atoms with E-state index in [1.807, 2.05) is 0 Å². The van der Waals surface area contributed by atoms with Crippen LogP contribution in [0.15, 0.2) is 12.2 Å². The third-order valence-electron chi connectivity index (χ3n) is 3.44. The van der Waals surface area contributed by atoms with Crippen LogP contribution in [0, 0.1) is 11.8 Å². The lowest BCUT2D eigenvalue weighted by molar-refractivity contribution is -0.162. The van der Waals surface area contributed by atoms with E-state index in [0.29, 0.717) is 0 Å².